The number of carbonyl (C=O) groups excluding carboxylic acids is 1. The summed E-state index contributed by atoms with van der Waals surface area (Å²) in [5.74, 6) is -0.164. The number of aromatic nitrogens is 1. The zero-order valence-electron chi connectivity index (χ0n) is 14.9. The minimum Gasteiger partial charge on any atom is -0.432 e. The Morgan fingerprint density at radius 1 is 1.00 bits per heavy atom. The number of halogens is 3. The third-order valence-corrected chi connectivity index (χ3v) is 4.82. The fraction of sp³-hybridized carbons (Fsp3) is 0.300. The largest absolute Gasteiger partial charge is 0.432 e. The van der Waals surface area contributed by atoms with Gasteiger partial charge in [-0.25, -0.2) is 4.98 Å². The summed E-state index contributed by atoms with van der Waals surface area (Å²) in [5, 5.41) is 0. The molecule has 0 atom stereocenters. The second-order valence-electron chi connectivity index (χ2n) is 6.75. The first kappa shape index (κ1) is 18.5. The van der Waals surface area contributed by atoms with Crippen molar-refractivity contribution in [1.29, 1.82) is 0 Å². The number of para-hydroxylation sites is 2. The highest BCUT2D eigenvalue weighted by molar-refractivity contribution is 5.92. The van der Waals surface area contributed by atoms with Crippen LogP contribution in [0.15, 0.2) is 52.9 Å². The van der Waals surface area contributed by atoms with Crippen LogP contribution >= 0.6 is 0 Å². The van der Waals surface area contributed by atoms with Gasteiger partial charge in [0.05, 0.1) is 5.56 Å². The number of alkyl halides is 3. The van der Waals surface area contributed by atoms with Crippen LogP contribution in [0.4, 0.5) is 13.2 Å². The summed E-state index contributed by atoms with van der Waals surface area (Å²) in [5.41, 5.74) is 1.38. The lowest BCUT2D eigenvalue weighted by Gasteiger charge is -2.34. The maximum Gasteiger partial charge on any atom is 0.416 e. The molecule has 0 bridgehead atoms. The molecule has 1 aliphatic rings. The molecule has 0 aliphatic carbocycles. The molecule has 2 aromatic carbocycles. The fourth-order valence-electron chi connectivity index (χ4n) is 3.27. The Morgan fingerprint density at radius 2 is 1.68 bits per heavy atom. The van der Waals surface area contributed by atoms with Gasteiger partial charge in [-0.05, 0) is 29.8 Å². The van der Waals surface area contributed by atoms with Crippen molar-refractivity contribution in [3.63, 3.8) is 0 Å². The second-order valence-corrected chi connectivity index (χ2v) is 6.75. The molecule has 0 N–H and O–H groups in total. The van der Waals surface area contributed by atoms with E-state index in [1.54, 1.807) is 17.0 Å². The van der Waals surface area contributed by atoms with Crippen molar-refractivity contribution in [2.24, 2.45) is 0 Å². The standard InChI is InChI=1S/C20H18F3N3O2/c21-20(22,23)15-7-5-14(6-8-15)13-25-9-11-26(12-10-25)19(27)18-24-16-3-1-2-4-17(16)28-18/h1-8H,9-13H2. The molecule has 1 fully saturated rings. The smallest absolute Gasteiger partial charge is 0.416 e. The van der Waals surface area contributed by atoms with E-state index in [2.05, 4.69) is 9.88 Å². The first-order valence-electron chi connectivity index (χ1n) is 8.93. The van der Waals surface area contributed by atoms with Crippen LogP contribution in [0.25, 0.3) is 11.1 Å². The van der Waals surface area contributed by atoms with Crippen molar-refractivity contribution < 1.29 is 22.4 Å². The van der Waals surface area contributed by atoms with Gasteiger partial charge in [0.1, 0.15) is 5.52 Å². The van der Waals surface area contributed by atoms with Crippen LogP contribution in [0.1, 0.15) is 21.8 Å². The van der Waals surface area contributed by atoms with Gasteiger partial charge in [-0.15, -0.1) is 0 Å². The number of oxazole rings is 1. The number of amides is 1. The molecule has 0 unspecified atom stereocenters. The predicted octanol–water partition coefficient (Wildman–Crippen LogP) is 3.80. The monoisotopic (exact) mass is 389 g/mol. The second kappa shape index (κ2) is 7.27. The van der Waals surface area contributed by atoms with E-state index < -0.39 is 11.7 Å². The minimum atomic E-state index is -4.32. The van der Waals surface area contributed by atoms with E-state index in [1.807, 2.05) is 12.1 Å². The number of benzene rings is 2. The van der Waals surface area contributed by atoms with Gasteiger partial charge in [-0.3, -0.25) is 9.69 Å². The van der Waals surface area contributed by atoms with Crippen LogP contribution in [0, 0.1) is 0 Å². The normalized spacial score (nSPS) is 15.9. The van der Waals surface area contributed by atoms with Gasteiger partial charge in [0.2, 0.25) is 0 Å². The Hall–Kier alpha value is -2.87. The van der Waals surface area contributed by atoms with Crippen molar-refractivity contribution in [2.45, 2.75) is 12.7 Å². The zero-order valence-corrected chi connectivity index (χ0v) is 14.9. The molecule has 8 heteroatoms. The summed E-state index contributed by atoms with van der Waals surface area (Å²) in [6, 6.07) is 12.4. The van der Waals surface area contributed by atoms with Crippen LogP contribution in [0.5, 0.6) is 0 Å². The molecule has 1 saturated heterocycles. The summed E-state index contributed by atoms with van der Waals surface area (Å²) in [6.07, 6.45) is -4.32. The highest BCUT2D eigenvalue weighted by Gasteiger charge is 2.30. The van der Waals surface area contributed by atoms with Crippen molar-refractivity contribution >= 4 is 17.0 Å². The first-order valence-corrected chi connectivity index (χ1v) is 8.93. The van der Waals surface area contributed by atoms with Crippen molar-refractivity contribution in [3.8, 4) is 0 Å². The van der Waals surface area contributed by atoms with Crippen LogP contribution in [0.2, 0.25) is 0 Å². The average Bonchev–Trinajstić information content (AvgIpc) is 3.12. The molecule has 0 radical (unpaired) electrons. The number of fused-ring (bicyclic) bond motifs is 1. The minimum absolute atomic E-state index is 0.0809. The predicted molar refractivity (Wildman–Crippen MR) is 96.6 cm³/mol. The maximum absolute atomic E-state index is 12.6. The fourth-order valence-corrected chi connectivity index (χ4v) is 3.27. The van der Waals surface area contributed by atoms with E-state index >= 15 is 0 Å². The number of hydrogen-bond donors (Lipinski definition) is 0. The van der Waals surface area contributed by atoms with Crippen molar-refractivity contribution in [2.75, 3.05) is 26.2 Å². The van der Waals surface area contributed by atoms with Crippen LogP contribution in [-0.4, -0.2) is 46.9 Å². The van der Waals surface area contributed by atoms with Crippen LogP contribution < -0.4 is 0 Å². The Morgan fingerprint density at radius 3 is 2.32 bits per heavy atom. The SMILES string of the molecule is O=C(c1nc2ccccc2o1)N1CCN(Cc2ccc(C(F)(F)F)cc2)CC1. The van der Waals surface area contributed by atoms with E-state index in [1.165, 1.54) is 12.1 Å². The number of nitrogens with zero attached hydrogens (tertiary/aromatic N) is 3. The lowest BCUT2D eigenvalue weighted by atomic mass is 10.1. The molecule has 1 amide bonds. The molecule has 5 nitrogen and oxygen atoms in total. The summed E-state index contributed by atoms with van der Waals surface area (Å²) in [6.45, 7) is 2.83. The van der Waals surface area contributed by atoms with Crippen LogP contribution in [0.3, 0.4) is 0 Å². The van der Waals surface area contributed by atoms with Gasteiger partial charge >= 0.3 is 12.1 Å². The van der Waals surface area contributed by atoms with Crippen LogP contribution in [-0.2, 0) is 12.7 Å². The van der Waals surface area contributed by atoms with Gasteiger partial charge in [-0.2, -0.15) is 13.2 Å². The van der Waals surface area contributed by atoms with E-state index in [4.69, 9.17) is 4.42 Å². The zero-order chi connectivity index (χ0) is 19.7. The Balaban J connectivity index is 1.34. The van der Waals surface area contributed by atoms with Gasteiger partial charge in [0.15, 0.2) is 5.58 Å². The molecule has 0 saturated carbocycles. The van der Waals surface area contributed by atoms with Crippen molar-refractivity contribution in [1.82, 2.24) is 14.8 Å². The first-order chi connectivity index (χ1) is 13.4. The average molecular weight is 389 g/mol. The van der Waals surface area contributed by atoms with Crippen molar-refractivity contribution in [3.05, 3.63) is 65.5 Å². The molecule has 146 valence electrons. The number of hydrogen-bond acceptors (Lipinski definition) is 4. The molecular formula is C20H18F3N3O2. The molecular weight excluding hydrogens is 371 g/mol. The Kier molecular flexibility index (Phi) is 4.80. The third kappa shape index (κ3) is 3.87. The number of rotatable bonds is 3. The molecule has 28 heavy (non-hydrogen) atoms. The van der Waals surface area contributed by atoms with E-state index in [-0.39, 0.29) is 11.8 Å². The lowest BCUT2D eigenvalue weighted by Crippen LogP contribution is -2.48. The van der Waals surface area contributed by atoms with E-state index in [9.17, 15) is 18.0 Å². The Bertz CT molecular complexity index is 941. The van der Waals surface area contributed by atoms with E-state index in [0.717, 1.165) is 17.7 Å². The van der Waals surface area contributed by atoms with E-state index in [0.29, 0.717) is 43.8 Å². The molecule has 2 heterocycles. The summed E-state index contributed by atoms with van der Waals surface area (Å²) < 4.78 is 43.5. The maximum atomic E-state index is 12.6. The number of piperazine rings is 1. The molecule has 1 aliphatic heterocycles. The number of carbonyl (C=O) groups is 1. The highest BCUT2D eigenvalue weighted by Crippen LogP contribution is 2.29. The summed E-state index contributed by atoms with van der Waals surface area (Å²) in [4.78, 5) is 20.6. The third-order valence-electron chi connectivity index (χ3n) is 4.82. The summed E-state index contributed by atoms with van der Waals surface area (Å²) in [7, 11) is 0. The van der Waals surface area contributed by atoms with Gasteiger partial charge in [-0.1, -0.05) is 24.3 Å². The lowest BCUT2D eigenvalue weighted by molar-refractivity contribution is -0.137. The highest BCUT2D eigenvalue weighted by atomic mass is 19.4. The Labute approximate surface area is 159 Å². The molecule has 0 spiro atoms. The summed E-state index contributed by atoms with van der Waals surface area (Å²) >= 11 is 0. The topological polar surface area (TPSA) is 49.6 Å². The molecule has 4 rings (SSSR count). The van der Waals surface area contributed by atoms with Gasteiger partial charge < -0.3 is 9.32 Å². The van der Waals surface area contributed by atoms with Gasteiger partial charge in [0.25, 0.3) is 5.89 Å². The molecule has 1 aromatic heterocycles. The molecule has 3 aromatic rings. The van der Waals surface area contributed by atoms with Gasteiger partial charge in [0, 0.05) is 32.7 Å². The quantitative estimate of drug-likeness (QED) is 0.684.